The van der Waals surface area contributed by atoms with Gasteiger partial charge < -0.3 is 4.57 Å². The first-order valence-corrected chi connectivity index (χ1v) is 10.7. The Morgan fingerprint density at radius 2 is 2.04 bits per heavy atom. The van der Waals surface area contributed by atoms with E-state index in [-0.39, 0.29) is 23.1 Å². The number of rotatable bonds is 4. The first kappa shape index (κ1) is 17.4. The van der Waals surface area contributed by atoms with Crippen molar-refractivity contribution in [1.29, 1.82) is 0 Å². The molecule has 6 nitrogen and oxygen atoms in total. The van der Waals surface area contributed by atoms with E-state index in [4.69, 9.17) is 0 Å². The van der Waals surface area contributed by atoms with E-state index in [0.29, 0.717) is 31.6 Å². The number of aromatic nitrogens is 2. The molecule has 0 saturated carbocycles. The second-order valence-corrected chi connectivity index (χ2v) is 9.35. The molecule has 0 unspecified atom stereocenters. The topological polar surface area (TPSA) is 72.3 Å². The summed E-state index contributed by atoms with van der Waals surface area (Å²) in [6, 6.07) is 7.55. The van der Waals surface area contributed by atoms with Crippen molar-refractivity contribution >= 4 is 10.0 Å². The molecule has 1 fully saturated rings. The molecular formula is C19H23N3O3S. The molecule has 2 aromatic rings. The Bertz CT molecular complexity index is 969. The van der Waals surface area contributed by atoms with E-state index in [9.17, 15) is 13.2 Å². The minimum atomic E-state index is -3.20. The molecule has 1 saturated heterocycles. The Kier molecular flexibility index (Phi) is 4.44. The average Bonchev–Trinajstić information content (AvgIpc) is 2.63. The summed E-state index contributed by atoms with van der Waals surface area (Å²) in [5.74, 6) is 0.471. The van der Waals surface area contributed by atoms with Crippen LogP contribution in [-0.2, 0) is 16.6 Å². The predicted molar refractivity (Wildman–Crippen MR) is 100 cm³/mol. The summed E-state index contributed by atoms with van der Waals surface area (Å²) in [7, 11) is -3.20. The number of hydrogen-bond donors (Lipinski definition) is 0. The van der Waals surface area contributed by atoms with Crippen LogP contribution in [0.25, 0.3) is 11.1 Å². The zero-order valence-corrected chi connectivity index (χ0v) is 15.7. The Morgan fingerprint density at radius 3 is 2.77 bits per heavy atom. The van der Waals surface area contributed by atoms with Crippen molar-refractivity contribution in [2.45, 2.75) is 32.2 Å². The van der Waals surface area contributed by atoms with Gasteiger partial charge in [0.15, 0.2) is 0 Å². The van der Waals surface area contributed by atoms with Gasteiger partial charge in [0.1, 0.15) is 0 Å². The predicted octanol–water partition coefficient (Wildman–Crippen LogP) is 2.07. The SMILES string of the molecule is CCCS(=O)(=O)N1C[C@@H]2C[C@H](C1)c1ccc(-c3cccnc3)c(=O)n1C2. The van der Waals surface area contributed by atoms with Crippen LogP contribution < -0.4 is 5.56 Å². The monoisotopic (exact) mass is 373 g/mol. The maximum atomic E-state index is 13.0. The molecule has 2 aliphatic heterocycles. The molecule has 4 heterocycles. The number of fused-ring (bicyclic) bond motifs is 4. The maximum Gasteiger partial charge on any atom is 0.258 e. The van der Waals surface area contributed by atoms with E-state index in [1.165, 1.54) is 0 Å². The zero-order chi connectivity index (χ0) is 18.3. The molecule has 2 bridgehead atoms. The summed E-state index contributed by atoms with van der Waals surface area (Å²) in [5, 5.41) is 0. The van der Waals surface area contributed by atoms with Gasteiger partial charge in [-0.2, -0.15) is 0 Å². The van der Waals surface area contributed by atoms with E-state index >= 15 is 0 Å². The number of sulfonamides is 1. The lowest BCUT2D eigenvalue weighted by atomic mass is 9.84. The van der Waals surface area contributed by atoms with Crippen molar-refractivity contribution in [2.75, 3.05) is 18.8 Å². The van der Waals surface area contributed by atoms with Crippen molar-refractivity contribution in [3.63, 3.8) is 0 Å². The van der Waals surface area contributed by atoms with E-state index in [2.05, 4.69) is 4.98 Å². The Labute approximate surface area is 153 Å². The molecule has 2 aliphatic rings. The minimum Gasteiger partial charge on any atom is -0.311 e. The van der Waals surface area contributed by atoms with Crippen LogP contribution in [0.1, 0.15) is 31.4 Å². The highest BCUT2D eigenvalue weighted by atomic mass is 32.2. The molecule has 0 N–H and O–H groups in total. The van der Waals surface area contributed by atoms with Crippen LogP contribution in [0.3, 0.4) is 0 Å². The Balaban J connectivity index is 1.70. The van der Waals surface area contributed by atoms with Crippen molar-refractivity contribution in [1.82, 2.24) is 13.9 Å². The van der Waals surface area contributed by atoms with Crippen LogP contribution in [0, 0.1) is 5.92 Å². The summed E-state index contributed by atoms with van der Waals surface area (Å²) >= 11 is 0. The highest BCUT2D eigenvalue weighted by Gasteiger charge is 2.38. The van der Waals surface area contributed by atoms with E-state index < -0.39 is 10.0 Å². The lowest BCUT2D eigenvalue weighted by molar-refractivity contribution is 0.186. The minimum absolute atomic E-state index is 0.00457. The first-order chi connectivity index (χ1) is 12.5. The largest absolute Gasteiger partial charge is 0.311 e. The normalized spacial score (nSPS) is 22.8. The van der Waals surface area contributed by atoms with Crippen molar-refractivity contribution < 1.29 is 8.42 Å². The van der Waals surface area contributed by atoms with Gasteiger partial charge in [-0.1, -0.05) is 13.0 Å². The molecule has 0 spiro atoms. The quantitative estimate of drug-likeness (QED) is 0.822. The van der Waals surface area contributed by atoms with Gasteiger partial charge in [0.25, 0.3) is 5.56 Å². The molecule has 0 radical (unpaired) electrons. The highest BCUT2D eigenvalue weighted by molar-refractivity contribution is 7.89. The van der Waals surface area contributed by atoms with E-state index in [1.807, 2.05) is 35.8 Å². The van der Waals surface area contributed by atoms with Crippen LogP contribution in [0.15, 0.2) is 41.5 Å². The van der Waals surface area contributed by atoms with Gasteiger partial charge in [0, 0.05) is 54.8 Å². The van der Waals surface area contributed by atoms with Crippen molar-refractivity contribution in [2.24, 2.45) is 5.92 Å². The summed E-state index contributed by atoms with van der Waals surface area (Å²) in [6.07, 6.45) is 4.96. The van der Waals surface area contributed by atoms with Crippen LogP contribution >= 0.6 is 0 Å². The second-order valence-electron chi connectivity index (χ2n) is 7.26. The summed E-state index contributed by atoms with van der Waals surface area (Å²) in [4.78, 5) is 17.1. The summed E-state index contributed by atoms with van der Waals surface area (Å²) in [5.41, 5.74) is 2.42. The van der Waals surface area contributed by atoms with Gasteiger partial charge in [-0.25, -0.2) is 12.7 Å². The fraction of sp³-hybridized carbons (Fsp3) is 0.474. The van der Waals surface area contributed by atoms with Gasteiger partial charge >= 0.3 is 0 Å². The van der Waals surface area contributed by atoms with Crippen molar-refractivity contribution in [3.05, 3.63) is 52.7 Å². The molecule has 2 atom stereocenters. The second kappa shape index (κ2) is 6.63. The molecule has 0 aromatic carbocycles. The van der Waals surface area contributed by atoms with E-state index in [0.717, 1.165) is 17.7 Å². The number of hydrogen-bond acceptors (Lipinski definition) is 4. The Hall–Kier alpha value is -1.99. The number of piperidine rings is 1. The average molecular weight is 373 g/mol. The lowest BCUT2D eigenvalue weighted by Crippen LogP contribution is -2.49. The molecule has 4 rings (SSSR count). The molecule has 7 heteroatoms. The third kappa shape index (κ3) is 2.99. The third-order valence-electron chi connectivity index (χ3n) is 5.40. The fourth-order valence-electron chi connectivity index (χ4n) is 4.26. The zero-order valence-electron chi connectivity index (χ0n) is 14.8. The maximum absolute atomic E-state index is 13.0. The fourth-order valence-corrected chi connectivity index (χ4v) is 5.88. The number of pyridine rings is 2. The lowest BCUT2D eigenvalue weighted by Gasteiger charge is -2.42. The van der Waals surface area contributed by atoms with Gasteiger partial charge in [0.05, 0.1) is 5.75 Å². The smallest absolute Gasteiger partial charge is 0.258 e. The molecular weight excluding hydrogens is 350 g/mol. The molecule has 2 aromatic heterocycles. The van der Waals surface area contributed by atoms with Gasteiger partial charge in [-0.15, -0.1) is 0 Å². The summed E-state index contributed by atoms with van der Waals surface area (Å²) < 4.78 is 28.5. The van der Waals surface area contributed by atoms with Gasteiger partial charge in [-0.05, 0) is 37.0 Å². The highest BCUT2D eigenvalue weighted by Crippen LogP contribution is 2.36. The molecule has 0 amide bonds. The van der Waals surface area contributed by atoms with Crippen LogP contribution in [0.5, 0.6) is 0 Å². The number of nitrogens with zero attached hydrogens (tertiary/aromatic N) is 3. The Morgan fingerprint density at radius 1 is 1.19 bits per heavy atom. The van der Waals surface area contributed by atoms with Gasteiger partial charge in [0.2, 0.25) is 10.0 Å². The van der Waals surface area contributed by atoms with E-state index in [1.54, 1.807) is 16.7 Å². The first-order valence-electron chi connectivity index (χ1n) is 9.11. The summed E-state index contributed by atoms with van der Waals surface area (Å²) in [6.45, 7) is 3.46. The third-order valence-corrected chi connectivity index (χ3v) is 7.41. The molecule has 0 aliphatic carbocycles. The van der Waals surface area contributed by atoms with Crippen LogP contribution in [-0.4, -0.2) is 41.1 Å². The van der Waals surface area contributed by atoms with Gasteiger partial charge in [-0.3, -0.25) is 9.78 Å². The van der Waals surface area contributed by atoms with Crippen molar-refractivity contribution in [3.8, 4) is 11.1 Å². The molecule has 26 heavy (non-hydrogen) atoms. The standard InChI is InChI=1S/C19H23N3O3S/c1-2-8-26(24,25)21-11-14-9-16(13-21)18-6-5-17(19(23)22(18)12-14)15-4-3-7-20-10-15/h3-7,10,14,16H,2,8-9,11-13H2,1H3/t14-,16+/m0/s1. The van der Waals surface area contributed by atoms with Crippen LogP contribution in [0.4, 0.5) is 0 Å². The molecule has 138 valence electrons. The van der Waals surface area contributed by atoms with Crippen LogP contribution in [0.2, 0.25) is 0 Å².